The number of nitrogens with zero attached hydrogens (tertiary/aromatic N) is 1. The van der Waals surface area contributed by atoms with Crippen molar-refractivity contribution in [1.82, 2.24) is 15.6 Å². The van der Waals surface area contributed by atoms with Gasteiger partial charge >= 0.3 is 0 Å². The Morgan fingerprint density at radius 3 is 2.65 bits per heavy atom. The molecule has 3 N–H and O–H groups in total. The number of aromatic nitrogens is 1. The first-order valence-electron chi connectivity index (χ1n) is 6.36. The van der Waals surface area contributed by atoms with Crippen LogP contribution >= 0.6 is 0 Å². The fraction of sp³-hybridized carbons (Fsp3) is 0.133. The number of rotatable bonds is 3. The molecule has 1 aliphatic heterocycles. The van der Waals surface area contributed by atoms with Crippen LogP contribution in [0.25, 0.3) is 11.3 Å². The third-order valence-electron chi connectivity index (χ3n) is 3.37. The van der Waals surface area contributed by atoms with Crippen LogP contribution in [0.15, 0.2) is 53.8 Å². The summed E-state index contributed by atoms with van der Waals surface area (Å²) in [5.41, 5.74) is 2.76. The lowest BCUT2D eigenvalue weighted by Gasteiger charge is -2.31. The summed E-state index contributed by atoms with van der Waals surface area (Å²) in [5.74, 6) is -0.958. The van der Waals surface area contributed by atoms with Gasteiger partial charge < -0.3 is 10.3 Å². The molecule has 1 aliphatic rings. The maximum absolute atomic E-state index is 13.1. The van der Waals surface area contributed by atoms with E-state index in [0.717, 1.165) is 16.8 Å². The van der Waals surface area contributed by atoms with E-state index in [2.05, 4.69) is 20.6 Å². The first-order chi connectivity index (χ1) is 9.75. The lowest BCUT2D eigenvalue weighted by atomic mass is 10.0. The summed E-state index contributed by atoms with van der Waals surface area (Å²) in [4.78, 5) is 7.69. The van der Waals surface area contributed by atoms with Gasteiger partial charge in [-0.15, -0.1) is 0 Å². The highest BCUT2D eigenvalue weighted by molar-refractivity contribution is 5.74. The van der Waals surface area contributed by atoms with Gasteiger partial charge in [-0.3, -0.25) is 5.32 Å². The first-order valence-corrected chi connectivity index (χ1v) is 6.36. The van der Waals surface area contributed by atoms with Gasteiger partial charge in [0.2, 0.25) is 5.79 Å². The van der Waals surface area contributed by atoms with Crippen molar-refractivity contribution in [2.75, 3.05) is 7.05 Å². The van der Waals surface area contributed by atoms with Crippen LogP contribution in [-0.4, -0.2) is 18.2 Å². The number of aliphatic imine (C=N–C) groups is 1. The predicted molar refractivity (Wildman–Crippen MR) is 77.7 cm³/mol. The van der Waals surface area contributed by atoms with Gasteiger partial charge in [-0.25, -0.2) is 9.38 Å². The normalized spacial score (nSPS) is 20.9. The number of halogens is 1. The maximum atomic E-state index is 13.1. The Morgan fingerprint density at radius 1 is 1.20 bits per heavy atom. The number of aromatic amines is 1. The van der Waals surface area contributed by atoms with Crippen molar-refractivity contribution in [3.63, 3.8) is 0 Å². The Hall–Kier alpha value is -2.40. The number of hydrogen-bond donors (Lipinski definition) is 3. The summed E-state index contributed by atoms with van der Waals surface area (Å²) in [6, 6.07) is 8.35. The minimum atomic E-state index is -0.710. The van der Waals surface area contributed by atoms with Crippen molar-refractivity contribution in [3.8, 4) is 11.3 Å². The van der Waals surface area contributed by atoms with Crippen LogP contribution in [-0.2, 0) is 5.79 Å². The van der Waals surface area contributed by atoms with Gasteiger partial charge in [0.05, 0.1) is 5.69 Å². The van der Waals surface area contributed by atoms with Gasteiger partial charge in [-0.1, -0.05) is 0 Å². The van der Waals surface area contributed by atoms with Gasteiger partial charge in [0.15, 0.2) is 0 Å². The largest absolute Gasteiger partial charge is 0.361 e. The maximum Gasteiger partial charge on any atom is 0.213 e. The molecular weight excluding hydrogens is 255 g/mol. The number of H-pyrrole nitrogens is 1. The molecule has 0 saturated carbocycles. The molecule has 1 aromatic carbocycles. The van der Waals surface area contributed by atoms with E-state index in [4.69, 9.17) is 0 Å². The predicted octanol–water partition coefficient (Wildman–Crippen LogP) is 2.34. The quantitative estimate of drug-likeness (QED) is 0.802. The van der Waals surface area contributed by atoms with Crippen molar-refractivity contribution in [3.05, 3.63) is 60.2 Å². The molecule has 0 aliphatic carbocycles. The molecule has 0 fully saturated rings. The average Bonchev–Trinajstić information content (AvgIpc) is 2.99. The minimum absolute atomic E-state index is 0.248. The van der Waals surface area contributed by atoms with E-state index in [-0.39, 0.29) is 5.82 Å². The molecule has 2 aromatic rings. The molecule has 0 bridgehead atoms. The first kappa shape index (κ1) is 12.6. The van der Waals surface area contributed by atoms with Crippen LogP contribution in [0.3, 0.4) is 0 Å². The second-order valence-corrected chi connectivity index (χ2v) is 4.52. The van der Waals surface area contributed by atoms with Crippen LogP contribution in [0.4, 0.5) is 4.39 Å². The highest BCUT2D eigenvalue weighted by Crippen LogP contribution is 2.31. The number of hydrogen-bond acceptors (Lipinski definition) is 3. The van der Waals surface area contributed by atoms with Crippen molar-refractivity contribution < 1.29 is 4.39 Å². The van der Waals surface area contributed by atoms with E-state index in [0.29, 0.717) is 0 Å². The summed E-state index contributed by atoms with van der Waals surface area (Å²) >= 11 is 0. The van der Waals surface area contributed by atoms with Gasteiger partial charge in [-0.2, -0.15) is 0 Å². The van der Waals surface area contributed by atoms with E-state index in [1.54, 1.807) is 18.3 Å². The van der Waals surface area contributed by atoms with Crippen LogP contribution in [0, 0.1) is 5.82 Å². The second-order valence-electron chi connectivity index (χ2n) is 4.52. The molecule has 0 amide bonds. The fourth-order valence-electron chi connectivity index (χ4n) is 2.35. The van der Waals surface area contributed by atoms with E-state index in [1.807, 2.05) is 31.6 Å². The van der Waals surface area contributed by atoms with E-state index >= 15 is 0 Å². The zero-order valence-corrected chi connectivity index (χ0v) is 11.0. The molecule has 20 heavy (non-hydrogen) atoms. The van der Waals surface area contributed by atoms with E-state index < -0.39 is 5.79 Å². The summed E-state index contributed by atoms with van der Waals surface area (Å²) in [6.45, 7) is 0. The van der Waals surface area contributed by atoms with Crippen LogP contribution < -0.4 is 10.6 Å². The molecule has 2 heterocycles. The molecule has 102 valence electrons. The Balaban J connectivity index is 2.08. The summed E-state index contributed by atoms with van der Waals surface area (Å²) in [6.07, 6.45) is 7.27. The summed E-state index contributed by atoms with van der Waals surface area (Å²) < 4.78 is 13.1. The fourth-order valence-corrected chi connectivity index (χ4v) is 2.35. The lowest BCUT2D eigenvalue weighted by molar-refractivity contribution is 0.334. The van der Waals surface area contributed by atoms with E-state index in [9.17, 15) is 4.39 Å². The summed E-state index contributed by atoms with van der Waals surface area (Å²) in [5, 5.41) is 6.41. The van der Waals surface area contributed by atoms with Crippen LogP contribution in [0.1, 0.15) is 5.56 Å². The smallest absolute Gasteiger partial charge is 0.213 e. The summed E-state index contributed by atoms with van der Waals surface area (Å²) in [7, 11) is 1.84. The van der Waals surface area contributed by atoms with E-state index in [1.165, 1.54) is 12.1 Å². The molecule has 0 radical (unpaired) electrons. The highest BCUT2D eigenvalue weighted by Gasteiger charge is 2.32. The Labute approximate surface area is 116 Å². The molecule has 5 heteroatoms. The topological polar surface area (TPSA) is 52.2 Å². The zero-order chi connectivity index (χ0) is 14.0. The van der Waals surface area contributed by atoms with Gasteiger partial charge in [0.1, 0.15) is 5.82 Å². The molecular formula is C15H15FN4. The van der Waals surface area contributed by atoms with Gasteiger partial charge in [0, 0.05) is 24.2 Å². The molecule has 1 unspecified atom stereocenters. The number of allylic oxidation sites excluding steroid dienone is 1. The molecule has 0 saturated heterocycles. The molecule has 1 atom stereocenters. The number of nitrogens with one attached hydrogen (secondary N) is 3. The van der Waals surface area contributed by atoms with Crippen LogP contribution in [0.2, 0.25) is 0 Å². The molecule has 3 rings (SSSR count). The lowest BCUT2D eigenvalue weighted by Crippen LogP contribution is -2.50. The minimum Gasteiger partial charge on any atom is -0.361 e. The standard InChI is InChI=1S/C15H15FN4/c1-17-15(19-8-2-9-20-15)13-7-10-18-14(13)11-3-5-12(16)6-4-11/h2-10,17-19H,1H3. The second kappa shape index (κ2) is 4.94. The Kier molecular flexibility index (Phi) is 3.12. The van der Waals surface area contributed by atoms with Crippen molar-refractivity contribution >= 4 is 6.21 Å². The highest BCUT2D eigenvalue weighted by atomic mass is 19.1. The third kappa shape index (κ3) is 2.02. The number of benzene rings is 1. The van der Waals surface area contributed by atoms with Crippen molar-refractivity contribution in [2.24, 2.45) is 4.99 Å². The third-order valence-corrected chi connectivity index (χ3v) is 3.37. The Bertz CT molecular complexity index is 657. The average molecular weight is 270 g/mol. The Morgan fingerprint density at radius 2 is 2.00 bits per heavy atom. The monoisotopic (exact) mass is 270 g/mol. The zero-order valence-electron chi connectivity index (χ0n) is 11.0. The molecule has 1 aromatic heterocycles. The van der Waals surface area contributed by atoms with Crippen LogP contribution in [0.5, 0.6) is 0 Å². The van der Waals surface area contributed by atoms with Crippen molar-refractivity contribution in [2.45, 2.75) is 5.79 Å². The molecule has 4 nitrogen and oxygen atoms in total. The van der Waals surface area contributed by atoms with Gasteiger partial charge in [-0.05, 0) is 49.0 Å². The SMILES string of the molecule is CNC1(c2cc[nH]c2-c2ccc(F)cc2)N=CC=CN1. The van der Waals surface area contributed by atoms with Crippen molar-refractivity contribution in [1.29, 1.82) is 0 Å². The molecule has 0 spiro atoms. The van der Waals surface area contributed by atoms with Gasteiger partial charge in [0.25, 0.3) is 0 Å².